The van der Waals surface area contributed by atoms with Crippen molar-refractivity contribution >= 4 is 55.3 Å². The fraction of sp³-hybridized carbons (Fsp3) is 0.105. The highest BCUT2D eigenvalue weighted by Crippen LogP contribution is 2.26. The van der Waals surface area contributed by atoms with Crippen LogP contribution in [0.1, 0.15) is 5.56 Å². The van der Waals surface area contributed by atoms with Crippen molar-refractivity contribution in [2.24, 2.45) is 0 Å². The normalized spacial score (nSPS) is 12.0. The molecule has 27 heavy (non-hydrogen) atoms. The third kappa shape index (κ3) is 3.33. The number of hydrogen-bond acceptors (Lipinski definition) is 6. The van der Waals surface area contributed by atoms with Crippen LogP contribution in [0.3, 0.4) is 0 Å². The van der Waals surface area contributed by atoms with Gasteiger partial charge in [-0.2, -0.15) is 0 Å². The zero-order valence-corrected chi connectivity index (χ0v) is 16.5. The number of carbonyl (C=O) groups excluding carboxylic acids is 1. The summed E-state index contributed by atoms with van der Waals surface area (Å²) < 4.78 is 12.9. The Morgan fingerprint density at radius 1 is 1.30 bits per heavy atom. The van der Waals surface area contributed by atoms with Crippen LogP contribution in [0.4, 0.5) is 0 Å². The second-order valence-electron chi connectivity index (χ2n) is 5.69. The van der Waals surface area contributed by atoms with E-state index in [0.29, 0.717) is 19.7 Å². The lowest BCUT2D eigenvalue weighted by Crippen LogP contribution is -2.22. The molecule has 136 valence electrons. The van der Waals surface area contributed by atoms with E-state index in [2.05, 4.69) is 25.7 Å². The number of benzene rings is 2. The number of hydrogen-bond donors (Lipinski definition) is 0. The summed E-state index contributed by atoms with van der Waals surface area (Å²) in [5.41, 5.74) is 2.35. The number of carbonyl (C=O) groups is 1. The number of nitrogens with zero attached hydrogens (tertiary/aromatic N) is 2. The van der Waals surface area contributed by atoms with Gasteiger partial charge in [0.1, 0.15) is 5.75 Å². The molecule has 0 amide bonds. The summed E-state index contributed by atoms with van der Waals surface area (Å²) in [5.74, 6) is 0.0644. The van der Waals surface area contributed by atoms with Gasteiger partial charge >= 0.3 is 5.97 Å². The smallest absolute Gasteiger partial charge is 0.343 e. The van der Waals surface area contributed by atoms with Crippen LogP contribution in [-0.4, -0.2) is 29.1 Å². The summed E-state index contributed by atoms with van der Waals surface area (Å²) in [6.45, 7) is -0.169. The van der Waals surface area contributed by atoms with Gasteiger partial charge < -0.3 is 9.47 Å². The van der Waals surface area contributed by atoms with E-state index in [0.717, 1.165) is 16.6 Å². The Kier molecular flexibility index (Phi) is 4.67. The molecule has 0 aliphatic carbocycles. The fourth-order valence-electron chi connectivity index (χ4n) is 2.68. The number of aromatic nitrogens is 2. The van der Waals surface area contributed by atoms with Gasteiger partial charge in [0.15, 0.2) is 11.6 Å². The van der Waals surface area contributed by atoms with Crippen molar-refractivity contribution in [1.29, 1.82) is 0 Å². The SMILES string of the molecule is COC(=O)COc1ccc(/C=c2\sc3nc4ccccc4n3c2=O)cc1Br. The summed E-state index contributed by atoms with van der Waals surface area (Å²) in [5, 5.41) is 0. The minimum Gasteiger partial charge on any atom is -0.481 e. The van der Waals surface area contributed by atoms with Crippen molar-refractivity contribution < 1.29 is 14.3 Å². The predicted molar refractivity (Wildman–Crippen MR) is 107 cm³/mol. The van der Waals surface area contributed by atoms with Gasteiger partial charge in [-0.1, -0.05) is 29.5 Å². The second-order valence-corrected chi connectivity index (χ2v) is 7.55. The Bertz CT molecular complexity index is 1280. The van der Waals surface area contributed by atoms with Crippen LogP contribution in [0.5, 0.6) is 5.75 Å². The number of para-hydroxylation sites is 2. The van der Waals surface area contributed by atoms with E-state index in [1.807, 2.05) is 42.5 Å². The van der Waals surface area contributed by atoms with Gasteiger partial charge in [0.2, 0.25) is 0 Å². The molecule has 0 unspecified atom stereocenters. The average Bonchev–Trinajstić information content (AvgIpc) is 3.17. The first-order chi connectivity index (χ1) is 13.1. The number of esters is 1. The number of thiazole rings is 1. The van der Waals surface area contributed by atoms with E-state index in [-0.39, 0.29) is 12.2 Å². The van der Waals surface area contributed by atoms with Gasteiger partial charge in [-0.15, -0.1) is 0 Å². The molecule has 0 N–H and O–H groups in total. The highest BCUT2D eigenvalue weighted by atomic mass is 79.9. The van der Waals surface area contributed by atoms with Crippen LogP contribution >= 0.6 is 27.3 Å². The van der Waals surface area contributed by atoms with Crippen LogP contribution in [0.15, 0.2) is 51.7 Å². The first-order valence-corrected chi connectivity index (χ1v) is 9.58. The Morgan fingerprint density at radius 3 is 2.89 bits per heavy atom. The largest absolute Gasteiger partial charge is 0.481 e. The molecule has 2 aromatic heterocycles. The van der Waals surface area contributed by atoms with Crippen molar-refractivity contribution in [2.45, 2.75) is 0 Å². The lowest BCUT2D eigenvalue weighted by Gasteiger charge is -2.07. The van der Waals surface area contributed by atoms with Gasteiger partial charge in [0.25, 0.3) is 5.56 Å². The van der Waals surface area contributed by atoms with E-state index in [4.69, 9.17) is 4.74 Å². The van der Waals surface area contributed by atoms with Crippen LogP contribution in [-0.2, 0) is 9.53 Å². The van der Waals surface area contributed by atoms with Crippen LogP contribution in [0, 0.1) is 0 Å². The average molecular weight is 445 g/mol. The minimum atomic E-state index is -0.456. The number of methoxy groups -OCH3 is 1. The lowest BCUT2D eigenvalue weighted by molar-refractivity contribution is -0.142. The number of rotatable bonds is 4. The molecule has 4 aromatic rings. The Labute approximate surface area is 165 Å². The maximum atomic E-state index is 12.8. The third-order valence-electron chi connectivity index (χ3n) is 3.97. The van der Waals surface area contributed by atoms with Crippen molar-refractivity contribution in [2.75, 3.05) is 13.7 Å². The molecule has 0 aliphatic rings. The molecule has 0 saturated heterocycles. The molecule has 2 heterocycles. The topological polar surface area (TPSA) is 69.9 Å². The standard InChI is InChI=1S/C19H13BrN2O4S/c1-25-17(23)10-26-15-7-6-11(8-12(15)20)9-16-18(24)22-14-5-3-2-4-13(14)21-19(22)27-16/h2-9H,10H2,1H3/b16-9-. The van der Waals surface area contributed by atoms with Gasteiger partial charge in [-0.05, 0) is 51.8 Å². The summed E-state index contributed by atoms with van der Waals surface area (Å²) in [4.78, 5) is 29.1. The minimum absolute atomic E-state index is 0.0918. The van der Waals surface area contributed by atoms with E-state index in [1.165, 1.54) is 18.4 Å². The molecule has 0 atom stereocenters. The Balaban J connectivity index is 1.71. The van der Waals surface area contributed by atoms with Crippen LogP contribution in [0.25, 0.3) is 22.1 Å². The maximum absolute atomic E-state index is 12.8. The molecule has 0 bridgehead atoms. The van der Waals surface area contributed by atoms with Crippen LogP contribution < -0.4 is 14.8 Å². The lowest BCUT2D eigenvalue weighted by atomic mass is 10.2. The zero-order chi connectivity index (χ0) is 19.0. The summed E-state index contributed by atoms with van der Waals surface area (Å²) in [6.07, 6.45) is 1.81. The molecule has 0 radical (unpaired) electrons. The molecule has 0 fully saturated rings. The highest BCUT2D eigenvalue weighted by Gasteiger charge is 2.11. The molecule has 6 nitrogen and oxygen atoms in total. The van der Waals surface area contributed by atoms with E-state index < -0.39 is 5.97 Å². The van der Waals surface area contributed by atoms with Gasteiger partial charge in [0, 0.05) is 0 Å². The van der Waals surface area contributed by atoms with Crippen LogP contribution in [0.2, 0.25) is 0 Å². The highest BCUT2D eigenvalue weighted by molar-refractivity contribution is 9.10. The summed E-state index contributed by atoms with van der Waals surface area (Å²) >= 11 is 4.77. The number of fused-ring (bicyclic) bond motifs is 3. The first-order valence-electron chi connectivity index (χ1n) is 7.97. The maximum Gasteiger partial charge on any atom is 0.343 e. The molecule has 0 saturated carbocycles. The Morgan fingerprint density at radius 2 is 2.11 bits per heavy atom. The van der Waals surface area contributed by atoms with E-state index >= 15 is 0 Å². The van der Waals surface area contributed by atoms with Crippen molar-refractivity contribution in [3.8, 4) is 5.75 Å². The number of ether oxygens (including phenoxy) is 2. The molecule has 0 spiro atoms. The molecule has 8 heteroatoms. The first kappa shape index (κ1) is 17.7. The third-order valence-corrected chi connectivity index (χ3v) is 5.56. The molecular weight excluding hydrogens is 432 g/mol. The number of halogens is 1. The quantitative estimate of drug-likeness (QED) is 0.452. The van der Waals surface area contributed by atoms with Crippen molar-refractivity contribution in [1.82, 2.24) is 9.38 Å². The molecule has 4 rings (SSSR count). The van der Waals surface area contributed by atoms with Gasteiger partial charge in [0.05, 0.1) is 27.1 Å². The monoisotopic (exact) mass is 444 g/mol. The second kappa shape index (κ2) is 7.13. The summed E-state index contributed by atoms with van der Waals surface area (Å²) in [7, 11) is 1.31. The van der Waals surface area contributed by atoms with Gasteiger partial charge in [-0.3, -0.25) is 4.79 Å². The van der Waals surface area contributed by atoms with Crippen molar-refractivity contribution in [3.05, 3.63) is 67.4 Å². The Hall–Kier alpha value is -2.71. The molecule has 2 aromatic carbocycles. The van der Waals surface area contributed by atoms with E-state index in [9.17, 15) is 9.59 Å². The molecule has 0 aliphatic heterocycles. The zero-order valence-electron chi connectivity index (χ0n) is 14.1. The fourth-order valence-corrected chi connectivity index (χ4v) is 4.18. The van der Waals surface area contributed by atoms with E-state index in [1.54, 1.807) is 10.5 Å². The number of imidazole rings is 1. The predicted octanol–water partition coefficient (Wildman–Crippen LogP) is 2.77. The van der Waals surface area contributed by atoms with Crippen molar-refractivity contribution in [3.63, 3.8) is 0 Å². The van der Waals surface area contributed by atoms with Gasteiger partial charge in [-0.25, -0.2) is 14.2 Å². The molecular formula is C19H13BrN2O4S. The summed E-state index contributed by atoms with van der Waals surface area (Å²) in [6, 6.07) is 12.9.